The van der Waals surface area contributed by atoms with Gasteiger partial charge in [0.25, 0.3) is 0 Å². The fourth-order valence-corrected chi connectivity index (χ4v) is 3.69. The molecule has 1 fully saturated rings. The minimum atomic E-state index is -0.334. The number of aromatic amines is 1. The maximum absolute atomic E-state index is 12.7. The first-order valence-electron chi connectivity index (χ1n) is 7.85. The lowest BCUT2D eigenvalue weighted by Crippen LogP contribution is -2.61. The molecular formula is C17H19N3O2. The average Bonchev–Trinajstić information content (AvgIpc) is 2.89. The van der Waals surface area contributed by atoms with Crippen molar-refractivity contribution in [2.24, 2.45) is 0 Å². The lowest BCUT2D eigenvalue weighted by atomic mass is 9.94. The zero-order valence-corrected chi connectivity index (χ0v) is 12.6. The Morgan fingerprint density at radius 1 is 1.23 bits per heavy atom. The van der Waals surface area contributed by atoms with Crippen molar-refractivity contribution in [3.8, 4) is 0 Å². The van der Waals surface area contributed by atoms with E-state index in [1.807, 2.05) is 25.1 Å². The van der Waals surface area contributed by atoms with Crippen LogP contribution in [0.2, 0.25) is 0 Å². The quantitative estimate of drug-likeness (QED) is 0.917. The minimum Gasteiger partial charge on any atom is -0.357 e. The van der Waals surface area contributed by atoms with Gasteiger partial charge in [0.2, 0.25) is 11.8 Å². The Balaban J connectivity index is 1.75. The molecule has 4 rings (SSSR count). The van der Waals surface area contributed by atoms with Crippen molar-refractivity contribution in [1.82, 2.24) is 14.8 Å². The Morgan fingerprint density at radius 2 is 2.05 bits per heavy atom. The van der Waals surface area contributed by atoms with E-state index in [1.165, 1.54) is 10.9 Å². The smallest absolute Gasteiger partial charge is 0.246 e. The Morgan fingerprint density at radius 3 is 2.86 bits per heavy atom. The predicted molar refractivity (Wildman–Crippen MR) is 83.2 cm³/mol. The van der Waals surface area contributed by atoms with Crippen molar-refractivity contribution in [1.29, 1.82) is 0 Å². The number of carbonyl (C=O) groups is 2. The lowest BCUT2D eigenvalue weighted by molar-refractivity contribution is -0.157. The second-order valence-electron chi connectivity index (χ2n) is 6.13. The molecule has 0 unspecified atom stereocenters. The Labute approximate surface area is 128 Å². The van der Waals surface area contributed by atoms with Crippen LogP contribution in [-0.2, 0) is 22.6 Å². The molecule has 114 valence electrons. The van der Waals surface area contributed by atoms with Gasteiger partial charge in [0.1, 0.15) is 6.04 Å². The highest BCUT2D eigenvalue weighted by Crippen LogP contribution is 2.32. The molecule has 1 N–H and O–H groups in total. The van der Waals surface area contributed by atoms with E-state index < -0.39 is 0 Å². The molecule has 2 aliphatic rings. The summed E-state index contributed by atoms with van der Waals surface area (Å²) in [6.07, 6.45) is 1.49. The SMILES string of the molecule is CCCN1CC(=O)N2Cc3[nH]c4ccccc4c3C[C@H]2C1=O. The number of nitrogens with zero attached hydrogens (tertiary/aromatic N) is 2. The summed E-state index contributed by atoms with van der Waals surface area (Å²) in [5.41, 5.74) is 3.34. The van der Waals surface area contributed by atoms with Crippen molar-refractivity contribution < 1.29 is 9.59 Å². The van der Waals surface area contributed by atoms with Gasteiger partial charge in [0.15, 0.2) is 0 Å². The summed E-state index contributed by atoms with van der Waals surface area (Å²) in [6, 6.07) is 7.80. The van der Waals surface area contributed by atoms with Gasteiger partial charge in [-0.15, -0.1) is 0 Å². The Hall–Kier alpha value is -2.30. The second-order valence-corrected chi connectivity index (χ2v) is 6.13. The summed E-state index contributed by atoms with van der Waals surface area (Å²) in [7, 11) is 0. The number of piperazine rings is 1. The van der Waals surface area contributed by atoms with E-state index in [-0.39, 0.29) is 24.4 Å². The molecule has 2 aliphatic heterocycles. The molecule has 1 aromatic carbocycles. The van der Waals surface area contributed by atoms with Crippen LogP contribution >= 0.6 is 0 Å². The third-order valence-corrected chi connectivity index (χ3v) is 4.74. The number of benzene rings is 1. The van der Waals surface area contributed by atoms with E-state index in [1.54, 1.807) is 9.80 Å². The van der Waals surface area contributed by atoms with E-state index in [4.69, 9.17) is 0 Å². The summed E-state index contributed by atoms with van der Waals surface area (Å²) in [5, 5.41) is 1.17. The predicted octanol–water partition coefficient (Wildman–Crippen LogP) is 1.67. The van der Waals surface area contributed by atoms with Crippen LogP contribution in [0.3, 0.4) is 0 Å². The molecule has 0 spiro atoms. The van der Waals surface area contributed by atoms with Gasteiger partial charge in [0, 0.05) is 29.6 Å². The Bertz CT molecular complexity index is 764. The highest BCUT2D eigenvalue weighted by Gasteiger charge is 2.42. The largest absolute Gasteiger partial charge is 0.357 e. The average molecular weight is 297 g/mol. The minimum absolute atomic E-state index is 0.0577. The highest BCUT2D eigenvalue weighted by atomic mass is 16.2. The van der Waals surface area contributed by atoms with Crippen molar-refractivity contribution in [3.63, 3.8) is 0 Å². The molecule has 2 amide bonds. The fraction of sp³-hybridized carbons (Fsp3) is 0.412. The monoisotopic (exact) mass is 297 g/mol. The molecule has 2 aromatic rings. The summed E-state index contributed by atoms with van der Waals surface area (Å²) >= 11 is 0. The van der Waals surface area contributed by atoms with Gasteiger partial charge in [-0.05, 0) is 18.1 Å². The van der Waals surface area contributed by atoms with Crippen molar-refractivity contribution in [2.75, 3.05) is 13.1 Å². The van der Waals surface area contributed by atoms with Gasteiger partial charge in [-0.25, -0.2) is 0 Å². The molecule has 1 atom stereocenters. The summed E-state index contributed by atoms with van der Waals surface area (Å²) in [4.78, 5) is 31.9. The first-order chi connectivity index (χ1) is 10.7. The van der Waals surface area contributed by atoms with Crippen LogP contribution in [0.5, 0.6) is 0 Å². The molecular weight excluding hydrogens is 278 g/mol. The Kier molecular flexibility index (Phi) is 2.96. The number of H-pyrrole nitrogens is 1. The molecule has 0 radical (unpaired) electrons. The van der Waals surface area contributed by atoms with Gasteiger partial charge in [-0.2, -0.15) is 0 Å². The van der Waals surface area contributed by atoms with E-state index in [0.717, 1.165) is 17.6 Å². The third-order valence-electron chi connectivity index (χ3n) is 4.74. The number of para-hydroxylation sites is 1. The molecule has 0 saturated carbocycles. The summed E-state index contributed by atoms with van der Waals surface area (Å²) in [6.45, 7) is 3.43. The number of carbonyl (C=O) groups excluding carboxylic acids is 2. The summed E-state index contributed by atoms with van der Waals surface area (Å²) < 4.78 is 0. The third kappa shape index (κ3) is 1.85. The summed E-state index contributed by atoms with van der Waals surface area (Å²) in [5.74, 6) is 0.153. The van der Waals surface area contributed by atoms with E-state index >= 15 is 0 Å². The van der Waals surface area contributed by atoms with Crippen molar-refractivity contribution in [3.05, 3.63) is 35.5 Å². The zero-order chi connectivity index (χ0) is 15.3. The molecule has 0 bridgehead atoms. The first kappa shape index (κ1) is 13.4. The number of hydrogen-bond acceptors (Lipinski definition) is 2. The van der Waals surface area contributed by atoms with E-state index in [0.29, 0.717) is 19.5 Å². The van der Waals surface area contributed by atoms with Crippen LogP contribution in [-0.4, -0.2) is 45.7 Å². The van der Waals surface area contributed by atoms with Gasteiger partial charge in [-0.1, -0.05) is 25.1 Å². The van der Waals surface area contributed by atoms with Gasteiger partial charge >= 0.3 is 0 Å². The first-order valence-corrected chi connectivity index (χ1v) is 7.85. The zero-order valence-electron chi connectivity index (χ0n) is 12.6. The number of nitrogens with one attached hydrogen (secondary N) is 1. The van der Waals surface area contributed by atoms with Crippen LogP contribution in [0.4, 0.5) is 0 Å². The molecule has 22 heavy (non-hydrogen) atoms. The van der Waals surface area contributed by atoms with Gasteiger partial charge < -0.3 is 14.8 Å². The van der Waals surface area contributed by atoms with E-state index in [9.17, 15) is 9.59 Å². The number of aromatic nitrogens is 1. The molecule has 1 saturated heterocycles. The molecule has 5 nitrogen and oxygen atoms in total. The topological polar surface area (TPSA) is 56.4 Å². The van der Waals surface area contributed by atoms with Crippen LogP contribution < -0.4 is 0 Å². The van der Waals surface area contributed by atoms with Gasteiger partial charge in [0.05, 0.1) is 13.1 Å². The molecule has 1 aromatic heterocycles. The van der Waals surface area contributed by atoms with E-state index in [2.05, 4.69) is 11.1 Å². The standard InChI is InChI=1S/C17H19N3O2/c1-2-7-19-10-16(21)20-9-14-12(8-15(20)17(19)22)11-5-3-4-6-13(11)18-14/h3-6,15,18H,2,7-10H2,1H3/t15-/m0/s1. The van der Waals surface area contributed by atoms with Crippen LogP contribution in [0.1, 0.15) is 24.6 Å². The van der Waals surface area contributed by atoms with Crippen molar-refractivity contribution in [2.45, 2.75) is 32.4 Å². The number of amides is 2. The number of hydrogen-bond donors (Lipinski definition) is 1. The van der Waals surface area contributed by atoms with Gasteiger partial charge in [-0.3, -0.25) is 9.59 Å². The highest BCUT2D eigenvalue weighted by molar-refractivity contribution is 5.96. The molecule has 0 aliphatic carbocycles. The maximum Gasteiger partial charge on any atom is 0.246 e. The number of fused-ring (bicyclic) bond motifs is 4. The molecule has 3 heterocycles. The lowest BCUT2D eigenvalue weighted by Gasteiger charge is -2.42. The maximum atomic E-state index is 12.7. The normalized spacial score (nSPS) is 21.2. The van der Waals surface area contributed by atoms with Crippen LogP contribution in [0.15, 0.2) is 24.3 Å². The van der Waals surface area contributed by atoms with Crippen LogP contribution in [0.25, 0.3) is 10.9 Å². The number of rotatable bonds is 2. The van der Waals surface area contributed by atoms with Crippen molar-refractivity contribution >= 4 is 22.7 Å². The second kappa shape index (κ2) is 4.87. The molecule has 5 heteroatoms. The van der Waals surface area contributed by atoms with Crippen LogP contribution in [0, 0.1) is 0 Å². The fourth-order valence-electron chi connectivity index (χ4n) is 3.69.